The molecule has 1 aromatic carbocycles. The minimum absolute atomic E-state index is 0. The molecule has 2 aliphatic rings. The average molecular weight is 420 g/mol. The van der Waals surface area contributed by atoms with Gasteiger partial charge < -0.3 is 10.2 Å². The molecule has 1 fully saturated rings. The number of nitrogens with zero attached hydrogens (tertiary/aromatic N) is 4. The van der Waals surface area contributed by atoms with Gasteiger partial charge in [-0.3, -0.25) is 4.90 Å². The van der Waals surface area contributed by atoms with E-state index < -0.39 is 0 Å². The number of nitriles is 1. The minimum atomic E-state index is -0.0303. The molecular weight excluding hydrogens is 397 g/mol. The van der Waals surface area contributed by atoms with Crippen molar-refractivity contribution in [3.05, 3.63) is 53.9 Å². The van der Waals surface area contributed by atoms with Gasteiger partial charge in [0.2, 0.25) is 0 Å². The van der Waals surface area contributed by atoms with Crippen LogP contribution in [0.15, 0.2) is 42.6 Å². The Kier molecular flexibility index (Phi) is 7.64. The highest BCUT2D eigenvalue weighted by Gasteiger charge is 2.32. The first-order valence-electron chi connectivity index (χ1n) is 9.00. The van der Waals surface area contributed by atoms with Crippen LogP contribution in [-0.4, -0.2) is 35.5 Å². The van der Waals surface area contributed by atoms with E-state index in [4.69, 9.17) is 5.26 Å². The van der Waals surface area contributed by atoms with Crippen molar-refractivity contribution in [1.82, 2.24) is 15.2 Å². The van der Waals surface area contributed by atoms with Gasteiger partial charge in [-0.2, -0.15) is 5.26 Å². The van der Waals surface area contributed by atoms with Crippen LogP contribution < -0.4 is 10.2 Å². The Morgan fingerprint density at radius 2 is 1.93 bits per heavy atom. The van der Waals surface area contributed by atoms with Crippen molar-refractivity contribution in [1.29, 1.82) is 5.26 Å². The third-order valence-electron chi connectivity index (χ3n) is 5.11. The number of piperidine rings is 1. The molecule has 8 heteroatoms. The number of urea groups is 1. The number of halogens is 2. The SMILES string of the molecule is Cl.Cl.N#Cc1cc(N2C(=O)N(CC3CCNCC3)Cc3ccccc32)ccn1. The molecule has 2 amide bonds. The zero-order valence-corrected chi connectivity index (χ0v) is 17.0. The summed E-state index contributed by atoms with van der Waals surface area (Å²) in [5.74, 6) is 0.527. The summed E-state index contributed by atoms with van der Waals surface area (Å²) in [4.78, 5) is 21.0. The predicted octanol–water partition coefficient (Wildman–Crippen LogP) is 3.87. The Morgan fingerprint density at radius 1 is 1.18 bits per heavy atom. The molecule has 0 atom stereocenters. The van der Waals surface area contributed by atoms with E-state index in [-0.39, 0.29) is 30.8 Å². The highest BCUT2D eigenvalue weighted by Crippen LogP contribution is 2.35. The maximum atomic E-state index is 13.3. The lowest BCUT2D eigenvalue weighted by Crippen LogP contribution is -2.47. The van der Waals surface area contributed by atoms with Crippen LogP contribution in [0.3, 0.4) is 0 Å². The van der Waals surface area contributed by atoms with E-state index in [0.717, 1.165) is 43.7 Å². The summed E-state index contributed by atoms with van der Waals surface area (Å²) in [5.41, 5.74) is 3.00. The van der Waals surface area contributed by atoms with Crippen molar-refractivity contribution in [2.45, 2.75) is 19.4 Å². The highest BCUT2D eigenvalue weighted by molar-refractivity contribution is 6.01. The standard InChI is InChI=1S/C20H21N5O.2ClH/c21-12-17-11-18(7-10-23-17)25-19-4-2-1-3-16(19)14-24(20(25)26)13-15-5-8-22-9-6-15;;/h1-4,7,10-11,15,22H,5-6,8-9,13-14H2;2*1H. The number of para-hydroxylation sites is 1. The second-order valence-corrected chi connectivity index (χ2v) is 6.83. The van der Waals surface area contributed by atoms with Crippen molar-refractivity contribution in [3.8, 4) is 6.07 Å². The number of rotatable bonds is 3. The third kappa shape index (κ3) is 4.39. The molecule has 148 valence electrons. The maximum Gasteiger partial charge on any atom is 0.329 e. The molecule has 0 spiro atoms. The van der Waals surface area contributed by atoms with Gasteiger partial charge in [0.15, 0.2) is 0 Å². The Bertz CT molecular complexity index is 864. The van der Waals surface area contributed by atoms with Gasteiger partial charge in [-0.1, -0.05) is 18.2 Å². The van der Waals surface area contributed by atoms with Crippen LogP contribution in [0.1, 0.15) is 24.1 Å². The zero-order valence-electron chi connectivity index (χ0n) is 15.4. The van der Waals surface area contributed by atoms with Crippen LogP contribution in [0.25, 0.3) is 0 Å². The molecule has 1 saturated heterocycles. The van der Waals surface area contributed by atoms with Crippen LogP contribution in [0.5, 0.6) is 0 Å². The Hall–Kier alpha value is -2.33. The van der Waals surface area contributed by atoms with Gasteiger partial charge in [0.1, 0.15) is 11.8 Å². The van der Waals surface area contributed by atoms with Gasteiger partial charge >= 0.3 is 6.03 Å². The molecule has 6 nitrogen and oxygen atoms in total. The van der Waals surface area contributed by atoms with E-state index in [1.54, 1.807) is 23.2 Å². The largest absolute Gasteiger partial charge is 0.329 e. The summed E-state index contributed by atoms with van der Waals surface area (Å²) in [6.45, 7) is 3.43. The molecule has 1 aromatic heterocycles. The Balaban J connectivity index is 0.00000140. The van der Waals surface area contributed by atoms with Gasteiger partial charge in [-0.25, -0.2) is 9.78 Å². The molecule has 3 heterocycles. The van der Waals surface area contributed by atoms with Crippen molar-refractivity contribution in [3.63, 3.8) is 0 Å². The molecule has 2 aromatic rings. The lowest BCUT2D eigenvalue weighted by Gasteiger charge is -2.39. The molecule has 4 rings (SSSR count). The number of amides is 2. The lowest BCUT2D eigenvalue weighted by atomic mass is 9.96. The molecule has 2 aliphatic heterocycles. The summed E-state index contributed by atoms with van der Waals surface area (Å²) in [5, 5.41) is 12.5. The van der Waals surface area contributed by atoms with E-state index in [0.29, 0.717) is 23.8 Å². The molecule has 0 aliphatic carbocycles. The molecule has 28 heavy (non-hydrogen) atoms. The number of fused-ring (bicyclic) bond motifs is 1. The number of anilines is 2. The van der Waals surface area contributed by atoms with E-state index in [2.05, 4.69) is 22.4 Å². The molecule has 0 unspecified atom stereocenters. The highest BCUT2D eigenvalue weighted by atomic mass is 35.5. The van der Waals surface area contributed by atoms with Crippen LogP contribution in [0.2, 0.25) is 0 Å². The van der Waals surface area contributed by atoms with Crippen molar-refractivity contribution >= 4 is 42.2 Å². The van der Waals surface area contributed by atoms with E-state index in [1.165, 1.54) is 0 Å². The Labute approximate surface area is 177 Å². The summed E-state index contributed by atoms with van der Waals surface area (Å²) in [7, 11) is 0. The van der Waals surface area contributed by atoms with Gasteiger partial charge in [0.05, 0.1) is 11.4 Å². The van der Waals surface area contributed by atoms with Gasteiger partial charge in [0.25, 0.3) is 0 Å². The van der Waals surface area contributed by atoms with Crippen molar-refractivity contribution < 1.29 is 4.79 Å². The minimum Gasteiger partial charge on any atom is -0.319 e. The van der Waals surface area contributed by atoms with E-state index in [9.17, 15) is 4.79 Å². The van der Waals surface area contributed by atoms with Crippen LogP contribution in [0, 0.1) is 17.2 Å². The smallest absolute Gasteiger partial charge is 0.319 e. The normalized spacial score (nSPS) is 16.5. The summed E-state index contributed by atoms with van der Waals surface area (Å²) < 4.78 is 0. The zero-order chi connectivity index (χ0) is 17.9. The van der Waals surface area contributed by atoms with Gasteiger partial charge in [-0.05, 0) is 55.6 Å². The molecule has 0 radical (unpaired) electrons. The molecule has 0 saturated carbocycles. The number of carbonyl (C=O) groups is 1. The number of hydrogen-bond acceptors (Lipinski definition) is 4. The first-order chi connectivity index (χ1) is 12.8. The number of aromatic nitrogens is 1. The summed E-state index contributed by atoms with van der Waals surface area (Å²) in [6.07, 6.45) is 3.77. The molecule has 0 bridgehead atoms. The summed E-state index contributed by atoms with van der Waals surface area (Å²) >= 11 is 0. The average Bonchev–Trinajstić information content (AvgIpc) is 2.69. The second-order valence-electron chi connectivity index (χ2n) is 6.83. The summed E-state index contributed by atoms with van der Waals surface area (Å²) in [6, 6.07) is 13.4. The first kappa shape index (κ1) is 22.0. The number of pyridine rings is 1. The fourth-order valence-electron chi connectivity index (χ4n) is 3.77. The molecular formula is C20H23Cl2N5O. The second kappa shape index (κ2) is 9.74. The first-order valence-corrected chi connectivity index (χ1v) is 9.00. The quantitative estimate of drug-likeness (QED) is 0.819. The Morgan fingerprint density at radius 3 is 2.68 bits per heavy atom. The number of carbonyl (C=O) groups excluding carboxylic acids is 1. The fourth-order valence-corrected chi connectivity index (χ4v) is 3.77. The number of benzene rings is 1. The monoisotopic (exact) mass is 419 g/mol. The lowest BCUT2D eigenvalue weighted by molar-refractivity contribution is 0.182. The number of nitrogens with one attached hydrogen (secondary N) is 1. The van der Waals surface area contributed by atoms with Gasteiger partial charge in [-0.15, -0.1) is 24.8 Å². The van der Waals surface area contributed by atoms with Crippen molar-refractivity contribution in [2.75, 3.05) is 24.5 Å². The van der Waals surface area contributed by atoms with E-state index >= 15 is 0 Å². The third-order valence-corrected chi connectivity index (χ3v) is 5.11. The maximum absolute atomic E-state index is 13.3. The number of hydrogen-bond donors (Lipinski definition) is 1. The molecule has 1 N–H and O–H groups in total. The van der Waals surface area contributed by atoms with Crippen LogP contribution in [0.4, 0.5) is 16.2 Å². The fraction of sp³-hybridized carbons (Fsp3) is 0.350. The van der Waals surface area contributed by atoms with Crippen molar-refractivity contribution in [2.24, 2.45) is 5.92 Å². The van der Waals surface area contributed by atoms with Crippen LogP contribution >= 0.6 is 24.8 Å². The van der Waals surface area contributed by atoms with Gasteiger partial charge in [0, 0.05) is 19.3 Å². The van der Waals surface area contributed by atoms with Crippen LogP contribution in [-0.2, 0) is 6.54 Å². The topological polar surface area (TPSA) is 72.3 Å². The predicted molar refractivity (Wildman–Crippen MR) is 113 cm³/mol. The van der Waals surface area contributed by atoms with E-state index in [1.807, 2.05) is 23.1 Å².